The molecule has 1 aromatic rings. The molecule has 0 spiro atoms. The number of alkyl halides is 2. The van der Waals surface area contributed by atoms with Gasteiger partial charge in [-0.05, 0) is 37.2 Å². The largest absolute Gasteiger partial charge is 0.328 e. The summed E-state index contributed by atoms with van der Waals surface area (Å²) in [6.45, 7) is 0. The van der Waals surface area contributed by atoms with Crippen molar-refractivity contribution in [2.45, 2.75) is 43.6 Å². The van der Waals surface area contributed by atoms with Crippen molar-refractivity contribution in [3.05, 3.63) is 35.4 Å². The van der Waals surface area contributed by atoms with Crippen molar-refractivity contribution in [1.82, 2.24) is 0 Å². The third kappa shape index (κ3) is 1.97. The summed E-state index contributed by atoms with van der Waals surface area (Å²) in [5.41, 5.74) is 7.06. The molecule has 17 heavy (non-hydrogen) atoms. The van der Waals surface area contributed by atoms with Gasteiger partial charge in [0, 0.05) is 17.5 Å². The number of hydrogen-bond acceptors (Lipinski definition) is 1. The molecule has 3 rings (SSSR count). The van der Waals surface area contributed by atoms with E-state index in [1.165, 1.54) is 0 Å². The topological polar surface area (TPSA) is 26.0 Å². The van der Waals surface area contributed by atoms with E-state index in [4.69, 9.17) is 5.73 Å². The van der Waals surface area contributed by atoms with Crippen LogP contribution in [0, 0.1) is 5.92 Å². The van der Waals surface area contributed by atoms with E-state index in [0.717, 1.165) is 18.4 Å². The molecule has 0 saturated heterocycles. The quantitative estimate of drug-likeness (QED) is 0.856. The molecule has 0 aromatic heterocycles. The first-order valence-electron chi connectivity index (χ1n) is 6.31. The minimum Gasteiger partial charge on any atom is -0.328 e. The van der Waals surface area contributed by atoms with Crippen LogP contribution in [0.5, 0.6) is 0 Å². The molecule has 0 aliphatic heterocycles. The van der Waals surface area contributed by atoms with E-state index in [0.29, 0.717) is 24.8 Å². The summed E-state index contributed by atoms with van der Waals surface area (Å²) in [6, 6.07) is 7.19. The van der Waals surface area contributed by atoms with Crippen molar-refractivity contribution in [2.24, 2.45) is 11.7 Å². The van der Waals surface area contributed by atoms with Crippen molar-refractivity contribution in [2.75, 3.05) is 0 Å². The van der Waals surface area contributed by atoms with Gasteiger partial charge in [0.1, 0.15) is 0 Å². The second-order valence-corrected chi connectivity index (χ2v) is 5.45. The Morgan fingerprint density at radius 3 is 2.12 bits per heavy atom. The molecule has 2 saturated carbocycles. The van der Waals surface area contributed by atoms with Crippen LogP contribution in [0.3, 0.4) is 0 Å². The van der Waals surface area contributed by atoms with E-state index in [9.17, 15) is 8.78 Å². The summed E-state index contributed by atoms with van der Waals surface area (Å²) in [7, 11) is 0. The lowest BCUT2D eigenvalue weighted by atomic mass is 9.76. The highest BCUT2D eigenvalue weighted by molar-refractivity contribution is 5.30. The molecular weight excluding hydrogens is 220 g/mol. The van der Waals surface area contributed by atoms with Crippen LogP contribution < -0.4 is 5.73 Å². The van der Waals surface area contributed by atoms with Crippen LogP contribution in [0.4, 0.5) is 8.78 Å². The summed E-state index contributed by atoms with van der Waals surface area (Å²) in [5.74, 6) is -2.58. The molecular formula is C14H17F2N. The van der Waals surface area contributed by atoms with Gasteiger partial charge >= 0.3 is 0 Å². The summed E-state index contributed by atoms with van der Waals surface area (Å²) in [4.78, 5) is 0. The zero-order valence-corrected chi connectivity index (χ0v) is 9.70. The molecule has 0 radical (unpaired) electrons. The van der Waals surface area contributed by atoms with E-state index >= 15 is 0 Å². The molecule has 0 atom stereocenters. The minimum atomic E-state index is -2.63. The van der Waals surface area contributed by atoms with Crippen LogP contribution in [0.25, 0.3) is 0 Å². The molecule has 1 nitrogen and oxygen atoms in total. The molecule has 0 heterocycles. The van der Waals surface area contributed by atoms with Crippen molar-refractivity contribution in [3.8, 4) is 0 Å². The number of hydrogen-bond donors (Lipinski definition) is 1. The molecule has 0 bridgehead atoms. The predicted molar refractivity (Wildman–Crippen MR) is 63.0 cm³/mol. The third-order valence-corrected chi connectivity index (χ3v) is 4.03. The van der Waals surface area contributed by atoms with Crippen molar-refractivity contribution >= 4 is 0 Å². The van der Waals surface area contributed by atoms with Crippen molar-refractivity contribution in [1.29, 1.82) is 0 Å². The van der Waals surface area contributed by atoms with Crippen LogP contribution in [-0.2, 0) is 5.92 Å². The van der Waals surface area contributed by atoms with E-state index in [1.807, 2.05) is 12.1 Å². The highest BCUT2D eigenvalue weighted by Crippen LogP contribution is 2.49. The lowest BCUT2D eigenvalue weighted by Crippen LogP contribution is -2.34. The summed E-state index contributed by atoms with van der Waals surface area (Å²) in [5, 5.41) is 0. The predicted octanol–water partition coefficient (Wildman–Crippen LogP) is 3.39. The highest BCUT2D eigenvalue weighted by Gasteiger charge is 2.47. The molecule has 92 valence electrons. The van der Waals surface area contributed by atoms with E-state index in [1.54, 1.807) is 12.1 Å². The summed E-state index contributed by atoms with van der Waals surface area (Å²) < 4.78 is 27.6. The van der Waals surface area contributed by atoms with Gasteiger partial charge < -0.3 is 5.73 Å². The van der Waals surface area contributed by atoms with Gasteiger partial charge in [-0.15, -0.1) is 0 Å². The number of halogens is 2. The van der Waals surface area contributed by atoms with Crippen LogP contribution in [-0.4, -0.2) is 6.04 Å². The Morgan fingerprint density at radius 2 is 1.65 bits per heavy atom. The molecule has 2 aliphatic carbocycles. The second-order valence-electron chi connectivity index (χ2n) is 5.45. The molecule has 3 heteroatoms. The van der Waals surface area contributed by atoms with Crippen LogP contribution in [0.2, 0.25) is 0 Å². The fraction of sp³-hybridized carbons (Fsp3) is 0.571. The zero-order valence-electron chi connectivity index (χ0n) is 9.70. The van der Waals surface area contributed by atoms with Gasteiger partial charge in [0.25, 0.3) is 5.92 Å². The van der Waals surface area contributed by atoms with Gasteiger partial charge in [0.2, 0.25) is 0 Å². The third-order valence-electron chi connectivity index (χ3n) is 4.03. The van der Waals surface area contributed by atoms with Gasteiger partial charge in [0.15, 0.2) is 0 Å². The first-order valence-corrected chi connectivity index (χ1v) is 6.31. The summed E-state index contributed by atoms with van der Waals surface area (Å²) in [6.07, 6.45) is 3.29. The maximum Gasteiger partial charge on any atom is 0.276 e. The Hall–Kier alpha value is -0.960. The molecule has 0 unspecified atom stereocenters. The molecule has 2 N–H and O–H groups in total. The number of rotatable bonds is 3. The van der Waals surface area contributed by atoms with Crippen LogP contribution in [0.15, 0.2) is 24.3 Å². The smallest absolute Gasteiger partial charge is 0.276 e. The minimum absolute atomic E-state index is 0.173. The summed E-state index contributed by atoms with van der Waals surface area (Å²) >= 11 is 0. The average molecular weight is 237 g/mol. The SMILES string of the molecule is NC1CC(c2ccc(C(F)(F)C3CC3)cc2)C1. The second kappa shape index (κ2) is 3.77. The highest BCUT2D eigenvalue weighted by atomic mass is 19.3. The Morgan fingerprint density at radius 1 is 1.06 bits per heavy atom. The van der Waals surface area contributed by atoms with Gasteiger partial charge in [-0.25, -0.2) is 8.78 Å². The Labute approximate surface area is 100 Å². The fourth-order valence-electron chi connectivity index (χ4n) is 2.59. The maximum absolute atomic E-state index is 13.8. The van der Waals surface area contributed by atoms with E-state index in [2.05, 4.69) is 0 Å². The lowest BCUT2D eigenvalue weighted by molar-refractivity contribution is -0.0285. The van der Waals surface area contributed by atoms with Crippen LogP contribution in [0.1, 0.15) is 42.7 Å². The molecule has 0 amide bonds. The first kappa shape index (κ1) is 11.1. The monoisotopic (exact) mass is 237 g/mol. The molecule has 2 fully saturated rings. The Balaban J connectivity index is 1.75. The van der Waals surface area contributed by atoms with Crippen molar-refractivity contribution < 1.29 is 8.78 Å². The number of benzene rings is 1. The average Bonchev–Trinajstić information content (AvgIpc) is 3.09. The normalized spacial score (nSPS) is 28.9. The van der Waals surface area contributed by atoms with E-state index in [-0.39, 0.29) is 5.56 Å². The van der Waals surface area contributed by atoms with Gasteiger partial charge in [-0.2, -0.15) is 0 Å². The van der Waals surface area contributed by atoms with Gasteiger partial charge in [-0.3, -0.25) is 0 Å². The van der Waals surface area contributed by atoms with Gasteiger partial charge in [0.05, 0.1) is 0 Å². The van der Waals surface area contributed by atoms with Crippen LogP contribution >= 0.6 is 0 Å². The number of nitrogens with two attached hydrogens (primary N) is 1. The van der Waals surface area contributed by atoms with Crippen molar-refractivity contribution in [3.63, 3.8) is 0 Å². The first-order chi connectivity index (χ1) is 8.07. The lowest BCUT2D eigenvalue weighted by Gasteiger charge is -2.33. The zero-order chi connectivity index (χ0) is 12.0. The Bertz CT molecular complexity index is 403. The molecule has 2 aliphatic rings. The fourth-order valence-corrected chi connectivity index (χ4v) is 2.59. The Kier molecular flexibility index (Phi) is 2.47. The van der Waals surface area contributed by atoms with Gasteiger partial charge in [-0.1, -0.05) is 24.3 Å². The molecule has 1 aromatic carbocycles. The van der Waals surface area contributed by atoms with E-state index < -0.39 is 11.8 Å². The maximum atomic E-state index is 13.8. The standard InChI is InChI=1S/C14H17F2N/c15-14(16,12-5-6-12)11-3-1-9(2-4-11)10-7-13(17)8-10/h1-4,10,12-13H,5-8,17H2.